The Morgan fingerprint density at radius 1 is 1.07 bits per heavy atom. The van der Waals surface area contributed by atoms with E-state index in [1.54, 1.807) is 35.4 Å². The highest BCUT2D eigenvalue weighted by Gasteiger charge is 2.28. The maximum absolute atomic E-state index is 13.9. The molecule has 1 aliphatic heterocycles. The Kier molecular flexibility index (Phi) is 4.19. The average Bonchev–Trinajstić information content (AvgIpc) is 3.31. The molecule has 5 rings (SSSR count). The van der Waals surface area contributed by atoms with Crippen LogP contribution in [0.2, 0.25) is 5.02 Å². The lowest BCUT2D eigenvalue weighted by atomic mass is 10.1. The standard InChI is InChI=1S/C22H14ClF2N5/c1-22(24,25)15-5-9-19-21(10-15)30-17(12-27-28-30)11-20-18(26-13-29(19)20)8-4-14-2-6-16(23)7-3-14/h2-3,5-7,9-10,12-13H,11H2,1H3. The first-order valence-corrected chi connectivity index (χ1v) is 9.54. The molecule has 0 fully saturated rings. The van der Waals surface area contributed by atoms with Crippen LogP contribution in [0.4, 0.5) is 8.78 Å². The third kappa shape index (κ3) is 3.15. The van der Waals surface area contributed by atoms with Gasteiger partial charge in [-0.3, -0.25) is 4.57 Å². The van der Waals surface area contributed by atoms with Gasteiger partial charge in [0.25, 0.3) is 5.92 Å². The average molecular weight is 422 g/mol. The van der Waals surface area contributed by atoms with E-state index in [0.29, 0.717) is 28.5 Å². The summed E-state index contributed by atoms with van der Waals surface area (Å²) in [7, 11) is 0. The van der Waals surface area contributed by atoms with Gasteiger partial charge in [-0.2, -0.15) is 0 Å². The molecule has 8 heteroatoms. The van der Waals surface area contributed by atoms with Gasteiger partial charge in [0.1, 0.15) is 12.0 Å². The lowest BCUT2D eigenvalue weighted by molar-refractivity contribution is 0.0174. The number of imidazole rings is 1. The number of hydrogen-bond acceptors (Lipinski definition) is 3. The summed E-state index contributed by atoms with van der Waals surface area (Å²) in [6.45, 7) is 0.876. The molecule has 0 amide bonds. The molecule has 2 aromatic carbocycles. The number of alkyl halides is 2. The van der Waals surface area contributed by atoms with Crippen LogP contribution in [-0.2, 0) is 12.3 Å². The van der Waals surface area contributed by atoms with Gasteiger partial charge in [0.15, 0.2) is 0 Å². The maximum Gasteiger partial charge on any atom is 0.270 e. The zero-order valence-electron chi connectivity index (χ0n) is 15.8. The van der Waals surface area contributed by atoms with Crippen LogP contribution in [0.25, 0.3) is 11.4 Å². The summed E-state index contributed by atoms with van der Waals surface area (Å²) >= 11 is 5.92. The summed E-state index contributed by atoms with van der Waals surface area (Å²) in [5.41, 5.74) is 4.15. The first-order valence-electron chi connectivity index (χ1n) is 9.16. The number of fused-ring (bicyclic) bond motifs is 5. The molecule has 0 atom stereocenters. The molecule has 0 aliphatic carbocycles. The Bertz CT molecular complexity index is 1320. The highest BCUT2D eigenvalue weighted by atomic mass is 35.5. The Hall–Kier alpha value is -3.50. The highest BCUT2D eigenvalue weighted by molar-refractivity contribution is 6.30. The zero-order chi connectivity index (χ0) is 20.9. The zero-order valence-corrected chi connectivity index (χ0v) is 16.5. The van der Waals surface area contributed by atoms with Crippen molar-refractivity contribution < 1.29 is 8.78 Å². The largest absolute Gasteiger partial charge is 0.299 e. The van der Waals surface area contributed by atoms with E-state index in [-0.39, 0.29) is 5.56 Å². The summed E-state index contributed by atoms with van der Waals surface area (Å²) in [4.78, 5) is 4.46. The van der Waals surface area contributed by atoms with Gasteiger partial charge in [0.2, 0.25) is 0 Å². The molecule has 5 nitrogen and oxygen atoms in total. The van der Waals surface area contributed by atoms with Gasteiger partial charge in [0.05, 0.1) is 29.0 Å². The Balaban J connectivity index is 1.65. The van der Waals surface area contributed by atoms with Crippen LogP contribution in [-0.4, -0.2) is 24.5 Å². The van der Waals surface area contributed by atoms with E-state index >= 15 is 0 Å². The van der Waals surface area contributed by atoms with Crippen molar-refractivity contribution >= 4 is 11.6 Å². The minimum Gasteiger partial charge on any atom is -0.299 e. The number of hydrogen-bond donors (Lipinski definition) is 0. The lowest BCUT2D eigenvalue weighted by Crippen LogP contribution is -2.10. The maximum atomic E-state index is 13.9. The molecule has 30 heavy (non-hydrogen) atoms. The number of rotatable bonds is 1. The van der Waals surface area contributed by atoms with Crippen LogP contribution in [0.5, 0.6) is 0 Å². The van der Waals surface area contributed by atoms with Crippen LogP contribution in [0.3, 0.4) is 0 Å². The third-order valence-electron chi connectivity index (χ3n) is 4.97. The van der Waals surface area contributed by atoms with Gasteiger partial charge < -0.3 is 0 Å². The summed E-state index contributed by atoms with van der Waals surface area (Å²) in [6, 6.07) is 11.8. The van der Waals surface area contributed by atoms with Crippen molar-refractivity contribution in [2.75, 3.05) is 0 Å². The number of benzene rings is 2. The van der Waals surface area contributed by atoms with Crippen LogP contribution in [0.1, 0.15) is 35.1 Å². The van der Waals surface area contributed by atoms with Crippen molar-refractivity contribution in [2.24, 2.45) is 0 Å². The van der Waals surface area contributed by atoms with Crippen molar-refractivity contribution in [2.45, 2.75) is 19.3 Å². The highest BCUT2D eigenvalue weighted by Crippen LogP contribution is 2.34. The minimum atomic E-state index is -2.96. The summed E-state index contributed by atoms with van der Waals surface area (Å²) in [5, 5.41) is 8.73. The first-order chi connectivity index (χ1) is 14.4. The Labute approximate surface area is 175 Å². The van der Waals surface area contributed by atoms with Crippen LogP contribution < -0.4 is 0 Å². The topological polar surface area (TPSA) is 48.5 Å². The summed E-state index contributed by atoms with van der Waals surface area (Å²) in [6.07, 6.45) is 3.74. The number of aromatic nitrogens is 5. The molecule has 0 unspecified atom stereocenters. The second-order valence-electron chi connectivity index (χ2n) is 7.07. The van der Waals surface area contributed by atoms with Gasteiger partial charge in [-0.1, -0.05) is 28.8 Å². The summed E-state index contributed by atoms with van der Waals surface area (Å²) < 4.78 is 31.3. The second kappa shape index (κ2) is 6.78. The van der Waals surface area contributed by atoms with E-state index in [0.717, 1.165) is 23.9 Å². The summed E-state index contributed by atoms with van der Waals surface area (Å²) in [5.74, 6) is 3.24. The molecule has 0 spiro atoms. The third-order valence-corrected chi connectivity index (χ3v) is 5.23. The van der Waals surface area contributed by atoms with Crippen molar-refractivity contribution in [1.29, 1.82) is 0 Å². The predicted octanol–water partition coefficient (Wildman–Crippen LogP) is 4.52. The molecule has 0 radical (unpaired) electrons. The van der Waals surface area contributed by atoms with E-state index < -0.39 is 5.92 Å². The molecule has 0 saturated heterocycles. The molecule has 148 valence electrons. The molecule has 0 N–H and O–H groups in total. The molecular weight excluding hydrogens is 408 g/mol. The lowest BCUT2D eigenvalue weighted by Gasteiger charge is -2.15. The fraction of sp³-hybridized carbons (Fsp3) is 0.136. The van der Waals surface area contributed by atoms with Gasteiger partial charge in [-0.15, -0.1) is 5.10 Å². The van der Waals surface area contributed by atoms with Crippen LogP contribution in [0.15, 0.2) is 55.0 Å². The van der Waals surface area contributed by atoms with E-state index in [2.05, 4.69) is 27.1 Å². The minimum absolute atomic E-state index is 0.0889. The second-order valence-corrected chi connectivity index (χ2v) is 7.51. The van der Waals surface area contributed by atoms with Crippen molar-refractivity contribution in [3.8, 4) is 23.2 Å². The van der Waals surface area contributed by atoms with E-state index in [4.69, 9.17) is 11.6 Å². The Morgan fingerprint density at radius 3 is 2.63 bits per heavy atom. The monoisotopic (exact) mass is 421 g/mol. The van der Waals surface area contributed by atoms with Gasteiger partial charge >= 0.3 is 0 Å². The molecule has 2 aromatic heterocycles. The smallest absolute Gasteiger partial charge is 0.270 e. The molecule has 1 aliphatic rings. The molecule has 0 saturated carbocycles. The molecule has 3 heterocycles. The van der Waals surface area contributed by atoms with Gasteiger partial charge in [-0.05, 0) is 42.3 Å². The van der Waals surface area contributed by atoms with Crippen LogP contribution >= 0.6 is 11.6 Å². The fourth-order valence-corrected chi connectivity index (χ4v) is 3.57. The van der Waals surface area contributed by atoms with E-state index in [9.17, 15) is 8.78 Å². The van der Waals surface area contributed by atoms with Gasteiger partial charge in [0, 0.05) is 29.5 Å². The fourth-order valence-electron chi connectivity index (χ4n) is 3.44. The number of halogens is 3. The predicted molar refractivity (Wildman–Crippen MR) is 108 cm³/mol. The molecular formula is C22H14ClF2N5. The SMILES string of the molecule is CC(F)(F)c1ccc2c(c1)-n1nncc1Cc1c(C#Cc3ccc(Cl)cc3)ncn1-2. The van der Waals surface area contributed by atoms with Crippen molar-refractivity contribution in [1.82, 2.24) is 24.5 Å². The van der Waals surface area contributed by atoms with Gasteiger partial charge in [-0.25, -0.2) is 18.4 Å². The van der Waals surface area contributed by atoms with Crippen molar-refractivity contribution in [3.05, 3.63) is 88.2 Å². The first kappa shape index (κ1) is 18.5. The number of nitrogens with zero attached hydrogens (tertiary/aromatic N) is 5. The van der Waals surface area contributed by atoms with E-state index in [1.165, 1.54) is 12.1 Å². The van der Waals surface area contributed by atoms with Crippen molar-refractivity contribution in [3.63, 3.8) is 0 Å². The van der Waals surface area contributed by atoms with E-state index in [1.807, 2.05) is 16.7 Å². The quantitative estimate of drug-likeness (QED) is 0.374. The van der Waals surface area contributed by atoms with Crippen LogP contribution in [0, 0.1) is 11.8 Å². The molecule has 4 aromatic rings. The Morgan fingerprint density at radius 2 is 1.87 bits per heavy atom. The normalized spacial score (nSPS) is 12.3. The molecule has 0 bridgehead atoms.